The summed E-state index contributed by atoms with van der Waals surface area (Å²) in [5, 5.41) is 29.0. The van der Waals surface area contributed by atoms with Crippen molar-refractivity contribution in [2.45, 2.75) is 37.5 Å². The average molecular weight is 770 g/mol. The summed E-state index contributed by atoms with van der Waals surface area (Å²) in [5.41, 5.74) is -0.905. The molecule has 0 saturated carbocycles. The van der Waals surface area contributed by atoms with Gasteiger partial charge in [-0.05, 0) is 60.5 Å². The van der Waals surface area contributed by atoms with Crippen molar-refractivity contribution < 1.29 is 37.7 Å². The first kappa shape index (κ1) is 34.2. The number of anilines is 1. The molecule has 3 aliphatic heterocycles. The van der Waals surface area contributed by atoms with Gasteiger partial charge in [0.05, 0.1) is 24.4 Å². The normalized spacial score (nSPS) is 19.6. The molecule has 18 heteroatoms. The number of urea groups is 1. The maximum atomic E-state index is 15.3. The maximum Gasteiger partial charge on any atom is 0.510 e. The fourth-order valence-corrected chi connectivity index (χ4v) is 5.74. The molecule has 1 unspecified atom stereocenters. The Kier molecular flexibility index (Phi) is 10.7. The lowest BCUT2D eigenvalue weighted by Crippen LogP contribution is -2.55. The van der Waals surface area contributed by atoms with Gasteiger partial charge in [0.1, 0.15) is 43.2 Å². The monoisotopic (exact) mass is 769 g/mol. The summed E-state index contributed by atoms with van der Waals surface area (Å²) < 4.78 is 46.3. The van der Waals surface area contributed by atoms with Gasteiger partial charge in [0.2, 0.25) is 0 Å². The van der Waals surface area contributed by atoms with Crippen LogP contribution in [0.15, 0.2) is 53.9 Å². The zero-order valence-electron chi connectivity index (χ0n) is 25.4. The Morgan fingerprint density at radius 2 is 1.94 bits per heavy atom. The zero-order valence-corrected chi connectivity index (χ0v) is 27.7. The number of carbonyl (C=O) groups is 2. The standard InChI is InChI=1S/C29H33F2N9O6.HI/c1-20(38-10-11-39(27(38)41)22-5-7-23(8-6-22)40-16-32-34-35-40)29(43,25-9-4-21(30)13-26(25)31)15-37-18-36(17-33-37)19-46-28(42)45-14-24-3-2-12-44-24;/h4-9,13,16-17,20,24,43H,2-3,10-12,14-15,18-19H2,1H3;1H/t20-,24?,29-;/m1./s1. The Morgan fingerprint density at radius 1 is 1.15 bits per heavy atom. The largest absolute Gasteiger partial charge is 0.510 e. The van der Waals surface area contributed by atoms with Crippen molar-refractivity contribution >= 4 is 48.2 Å². The number of ether oxygens (including phenoxy) is 3. The van der Waals surface area contributed by atoms with Crippen LogP contribution in [0.1, 0.15) is 25.3 Å². The molecule has 47 heavy (non-hydrogen) atoms. The quantitative estimate of drug-likeness (QED) is 0.227. The molecule has 252 valence electrons. The van der Waals surface area contributed by atoms with Crippen molar-refractivity contribution in [1.82, 2.24) is 35.0 Å². The van der Waals surface area contributed by atoms with Crippen molar-refractivity contribution in [3.05, 3.63) is 66.0 Å². The lowest BCUT2D eigenvalue weighted by molar-refractivity contribution is -0.0606. The number of benzene rings is 2. The number of halogens is 3. The van der Waals surface area contributed by atoms with E-state index in [0.29, 0.717) is 30.6 Å². The Morgan fingerprint density at radius 3 is 2.64 bits per heavy atom. The van der Waals surface area contributed by atoms with Crippen molar-refractivity contribution in [2.24, 2.45) is 5.10 Å². The molecule has 6 rings (SSSR count). The van der Waals surface area contributed by atoms with E-state index in [4.69, 9.17) is 14.2 Å². The van der Waals surface area contributed by atoms with Crippen LogP contribution in [0.25, 0.3) is 5.69 Å². The van der Waals surface area contributed by atoms with Gasteiger partial charge >= 0.3 is 12.2 Å². The number of aromatic nitrogens is 4. The second kappa shape index (κ2) is 14.7. The van der Waals surface area contributed by atoms with Gasteiger partial charge in [-0.3, -0.25) is 9.91 Å². The molecular formula is C29H34F2IN9O6. The molecule has 3 atom stereocenters. The first-order valence-electron chi connectivity index (χ1n) is 14.7. The van der Waals surface area contributed by atoms with Gasteiger partial charge in [-0.2, -0.15) is 5.10 Å². The van der Waals surface area contributed by atoms with E-state index in [9.17, 15) is 19.1 Å². The summed E-state index contributed by atoms with van der Waals surface area (Å²) in [6.45, 7) is 2.51. The number of hydrogen-bond acceptors (Lipinski definition) is 12. The highest BCUT2D eigenvalue weighted by molar-refractivity contribution is 14.0. The number of β-amino-alcohol motifs (C(OH)–C–C–N with tert-alkyl or cyclic N) is 1. The number of aliphatic hydroxyl groups is 1. The van der Waals surface area contributed by atoms with E-state index in [0.717, 1.165) is 18.9 Å². The van der Waals surface area contributed by atoms with Crippen molar-refractivity contribution in [1.29, 1.82) is 0 Å². The van der Waals surface area contributed by atoms with Crippen LogP contribution in [-0.2, 0) is 19.8 Å². The van der Waals surface area contributed by atoms with Gasteiger partial charge in [-0.1, -0.05) is 6.07 Å². The van der Waals surface area contributed by atoms with Crippen LogP contribution in [0.3, 0.4) is 0 Å². The zero-order chi connectivity index (χ0) is 32.3. The molecule has 2 fully saturated rings. The van der Waals surface area contributed by atoms with Gasteiger partial charge in [0.15, 0.2) is 6.73 Å². The molecule has 15 nitrogen and oxygen atoms in total. The number of tetrazole rings is 1. The van der Waals surface area contributed by atoms with Crippen LogP contribution in [0, 0.1) is 11.6 Å². The molecule has 2 amide bonds. The molecule has 0 aliphatic carbocycles. The molecule has 2 saturated heterocycles. The first-order valence-corrected chi connectivity index (χ1v) is 14.7. The Hall–Kier alpha value is -4.17. The summed E-state index contributed by atoms with van der Waals surface area (Å²) in [6, 6.07) is 8.57. The van der Waals surface area contributed by atoms with Gasteiger partial charge in [0, 0.05) is 37.0 Å². The molecule has 1 N–H and O–H groups in total. The molecule has 0 spiro atoms. The fraction of sp³-hybridized carbons (Fsp3) is 0.448. The summed E-state index contributed by atoms with van der Waals surface area (Å²) >= 11 is 0. The number of hydrogen-bond donors (Lipinski definition) is 1. The third-order valence-corrected chi connectivity index (χ3v) is 8.28. The number of amides is 2. The average Bonchev–Trinajstić information content (AvgIpc) is 3.87. The third-order valence-electron chi connectivity index (χ3n) is 8.28. The SMILES string of the molecule is C[C@@H](N1CCN(c2ccc(-n3cnnn3)cc2)C1=O)[C@](O)(CN1CN(COC(=O)OCC2CCCO2)C=N1)c1ccc(F)cc1F.I. The number of carbonyl (C=O) groups excluding carboxylic acids is 2. The predicted molar refractivity (Wildman–Crippen MR) is 172 cm³/mol. The maximum absolute atomic E-state index is 15.3. The molecule has 3 aliphatic rings. The van der Waals surface area contributed by atoms with Gasteiger partial charge in [0.25, 0.3) is 0 Å². The molecule has 3 aromatic rings. The van der Waals surface area contributed by atoms with Crippen LogP contribution in [0.2, 0.25) is 0 Å². The smallest absolute Gasteiger partial charge is 0.431 e. The predicted octanol–water partition coefficient (Wildman–Crippen LogP) is 2.88. The second-order valence-electron chi connectivity index (χ2n) is 11.2. The molecule has 0 radical (unpaired) electrons. The number of rotatable bonds is 11. The van der Waals surface area contributed by atoms with Crippen LogP contribution in [0.5, 0.6) is 0 Å². The van der Waals surface area contributed by atoms with Crippen LogP contribution in [0.4, 0.5) is 24.1 Å². The van der Waals surface area contributed by atoms with E-state index in [1.807, 2.05) is 0 Å². The van der Waals surface area contributed by atoms with Gasteiger partial charge in [-0.15, -0.1) is 29.1 Å². The third kappa shape index (κ3) is 7.54. The summed E-state index contributed by atoms with van der Waals surface area (Å²) in [6.07, 6.45) is 3.59. The summed E-state index contributed by atoms with van der Waals surface area (Å²) in [5.74, 6) is -1.77. The Balaban J connectivity index is 0.00000433. The first-order chi connectivity index (χ1) is 22.2. The fourth-order valence-electron chi connectivity index (χ4n) is 5.74. The van der Waals surface area contributed by atoms with Crippen LogP contribution in [-0.4, -0.2) is 117 Å². The minimum Gasteiger partial charge on any atom is -0.431 e. The topological polar surface area (TPSA) is 151 Å². The van der Waals surface area contributed by atoms with Gasteiger partial charge < -0.3 is 29.1 Å². The van der Waals surface area contributed by atoms with Crippen molar-refractivity contribution in [3.8, 4) is 5.69 Å². The summed E-state index contributed by atoms with van der Waals surface area (Å²) in [7, 11) is 0. The van der Waals surface area contributed by atoms with Crippen molar-refractivity contribution in [2.75, 3.05) is 51.1 Å². The van der Waals surface area contributed by atoms with E-state index >= 15 is 4.39 Å². The number of nitrogens with zero attached hydrogens (tertiary/aromatic N) is 9. The van der Waals surface area contributed by atoms with Crippen LogP contribution < -0.4 is 4.90 Å². The number of hydrazone groups is 1. The van der Waals surface area contributed by atoms with Crippen LogP contribution >= 0.6 is 24.0 Å². The van der Waals surface area contributed by atoms with Gasteiger partial charge in [-0.25, -0.2) is 23.1 Å². The van der Waals surface area contributed by atoms with Crippen molar-refractivity contribution in [3.63, 3.8) is 0 Å². The molecule has 0 bridgehead atoms. The Bertz CT molecular complexity index is 1560. The van der Waals surface area contributed by atoms with E-state index < -0.39 is 35.5 Å². The highest BCUT2D eigenvalue weighted by Crippen LogP contribution is 2.35. The van der Waals surface area contributed by atoms with E-state index in [-0.39, 0.29) is 68.7 Å². The van der Waals surface area contributed by atoms with E-state index in [2.05, 4.69) is 20.6 Å². The molecule has 4 heterocycles. The second-order valence-corrected chi connectivity index (χ2v) is 11.2. The lowest BCUT2D eigenvalue weighted by Gasteiger charge is -2.41. The van der Waals surface area contributed by atoms with E-state index in [1.165, 1.54) is 33.3 Å². The minimum absolute atomic E-state index is 0. The highest BCUT2D eigenvalue weighted by Gasteiger charge is 2.47. The molecule has 1 aromatic heterocycles. The highest BCUT2D eigenvalue weighted by atomic mass is 127. The summed E-state index contributed by atoms with van der Waals surface area (Å²) in [4.78, 5) is 30.3. The Labute approximate surface area is 285 Å². The molecule has 2 aromatic carbocycles. The minimum atomic E-state index is -2.03. The molecular weight excluding hydrogens is 735 g/mol. The lowest BCUT2D eigenvalue weighted by atomic mass is 9.85. The van der Waals surface area contributed by atoms with E-state index in [1.54, 1.807) is 41.0 Å².